The Bertz CT molecular complexity index is 634. The van der Waals surface area contributed by atoms with E-state index in [0.29, 0.717) is 0 Å². The fourth-order valence-corrected chi connectivity index (χ4v) is 3.68. The molecular weight excluding hydrogens is 288 g/mol. The molecule has 2 rings (SSSR count). The first-order chi connectivity index (χ1) is 9.00. The Morgan fingerprint density at radius 2 is 2.37 bits per heavy atom. The molecule has 2 N–H and O–H groups in total. The maximum absolute atomic E-state index is 12.1. The van der Waals surface area contributed by atoms with Crippen molar-refractivity contribution < 1.29 is 13.2 Å². The lowest BCUT2D eigenvalue weighted by molar-refractivity contribution is -0.116. The van der Waals surface area contributed by atoms with Crippen molar-refractivity contribution in [1.82, 2.24) is 14.3 Å². The Morgan fingerprint density at radius 3 is 2.95 bits per heavy atom. The van der Waals surface area contributed by atoms with E-state index >= 15 is 0 Å². The van der Waals surface area contributed by atoms with Gasteiger partial charge in [0.2, 0.25) is 11.9 Å². The summed E-state index contributed by atoms with van der Waals surface area (Å²) in [6.45, 7) is -0.277. The van der Waals surface area contributed by atoms with Gasteiger partial charge in [-0.3, -0.25) is 10.1 Å². The van der Waals surface area contributed by atoms with E-state index < -0.39 is 15.9 Å². The van der Waals surface area contributed by atoms with E-state index in [-0.39, 0.29) is 16.7 Å². The fourth-order valence-electron chi connectivity index (χ4n) is 1.36. The largest absolute Gasteiger partial charge is 0.331 e. The first kappa shape index (κ1) is 13.7. The number of rotatable bonds is 5. The zero-order valence-corrected chi connectivity index (χ0v) is 11.7. The van der Waals surface area contributed by atoms with Crippen molar-refractivity contribution in [3.8, 4) is 0 Å². The number of carbonyl (C=O) groups excluding carboxylic acids is 1. The molecule has 2 heterocycles. The highest BCUT2D eigenvalue weighted by Crippen LogP contribution is 2.19. The van der Waals surface area contributed by atoms with Gasteiger partial charge < -0.3 is 4.98 Å². The monoisotopic (exact) mass is 300 g/mol. The second kappa shape index (κ2) is 5.51. The average Bonchev–Trinajstić information content (AvgIpc) is 3.00. The zero-order valence-electron chi connectivity index (χ0n) is 10.0. The van der Waals surface area contributed by atoms with Crippen LogP contribution in [0.2, 0.25) is 0 Å². The number of imidazole rings is 1. The molecule has 1 amide bonds. The van der Waals surface area contributed by atoms with Gasteiger partial charge in [-0.25, -0.2) is 13.4 Å². The van der Waals surface area contributed by atoms with E-state index in [9.17, 15) is 13.2 Å². The third-order valence-corrected chi connectivity index (χ3v) is 5.46. The van der Waals surface area contributed by atoms with Crippen LogP contribution in [-0.4, -0.2) is 42.2 Å². The molecule has 0 unspecified atom stereocenters. The molecule has 0 aliphatic rings. The van der Waals surface area contributed by atoms with Gasteiger partial charge >= 0.3 is 0 Å². The molecule has 0 aliphatic heterocycles. The van der Waals surface area contributed by atoms with Crippen LogP contribution in [0.15, 0.2) is 34.1 Å². The maximum Gasteiger partial charge on any atom is 0.252 e. The minimum atomic E-state index is -3.61. The Hall–Kier alpha value is -1.71. The lowest BCUT2D eigenvalue weighted by Gasteiger charge is -2.14. The van der Waals surface area contributed by atoms with Crippen LogP contribution in [0.4, 0.5) is 5.95 Å². The Morgan fingerprint density at radius 1 is 1.58 bits per heavy atom. The number of sulfonamides is 1. The number of anilines is 1. The van der Waals surface area contributed by atoms with Crippen molar-refractivity contribution in [3.63, 3.8) is 0 Å². The fraction of sp³-hybridized carbons (Fsp3) is 0.200. The molecule has 0 spiro atoms. The normalized spacial score (nSPS) is 11.7. The highest BCUT2D eigenvalue weighted by atomic mass is 32.2. The third kappa shape index (κ3) is 3.19. The first-order valence-corrected chi connectivity index (χ1v) is 7.61. The smallest absolute Gasteiger partial charge is 0.252 e. The number of nitrogens with one attached hydrogen (secondary N) is 2. The van der Waals surface area contributed by atoms with Crippen molar-refractivity contribution >= 4 is 33.2 Å². The Labute approximate surface area is 114 Å². The Balaban J connectivity index is 2.01. The molecule has 102 valence electrons. The number of amides is 1. The molecule has 0 bridgehead atoms. The highest BCUT2D eigenvalue weighted by Gasteiger charge is 2.23. The molecule has 0 atom stereocenters. The van der Waals surface area contributed by atoms with E-state index in [1.807, 2.05) is 0 Å². The number of thiophene rings is 1. The van der Waals surface area contributed by atoms with E-state index in [0.717, 1.165) is 15.6 Å². The topological polar surface area (TPSA) is 95.2 Å². The van der Waals surface area contributed by atoms with Gasteiger partial charge in [0.25, 0.3) is 10.0 Å². The van der Waals surface area contributed by atoms with Gasteiger partial charge in [0, 0.05) is 19.4 Å². The van der Waals surface area contributed by atoms with Crippen LogP contribution in [0.5, 0.6) is 0 Å². The van der Waals surface area contributed by atoms with Crippen molar-refractivity contribution in [1.29, 1.82) is 0 Å². The number of aromatic amines is 1. The van der Waals surface area contributed by atoms with Gasteiger partial charge in [0.1, 0.15) is 4.21 Å². The van der Waals surface area contributed by atoms with Crippen LogP contribution >= 0.6 is 11.3 Å². The minimum absolute atomic E-state index is 0.209. The summed E-state index contributed by atoms with van der Waals surface area (Å²) in [5.41, 5.74) is 0. The number of H-pyrrole nitrogens is 1. The first-order valence-electron chi connectivity index (χ1n) is 5.29. The second-order valence-corrected chi connectivity index (χ2v) is 6.90. The van der Waals surface area contributed by atoms with Crippen LogP contribution in [0.3, 0.4) is 0 Å². The number of hydrogen-bond acceptors (Lipinski definition) is 5. The molecule has 0 radical (unpaired) electrons. The van der Waals surface area contributed by atoms with Crippen molar-refractivity contribution in [2.75, 3.05) is 18.9 Å². The van der Waals surface area contributed by atoms with Gasteiger partial charge in [-0.15, -0.1) is 11.3 Å². The van der Waals surface area contributed by atoms with Gasteiger partial charge in [0.05, 0.1) is 6.54 Å². The summed E-state index contributed by atoms with van der Waals surface area (Å²) in [6, 6.07) is 3.15. The predicted molar refractivity (Wildman–Crippen MR) is 71.4 cm³/mol. The molecular formula is C10H12N4O3S2. The van der Waals surface area contributed by atoms with E-state index in [1.165, 1.54) is 19.3 Å². The molecule has 0 fully saturated rings. The summed E-state index contributed by atoms with van der Waals surface area (Å²) in [4.78, 5) is 18.2. The molecule has 19 heavy (non-hydrogen) atoms. The third-order valence-electron chi connectivity index (χ3n) is 2.28. The molecule has 9 heteroatoms. The summed E-state index contributed by atoms with van der Waals surface area (Å²) in [6.07, 6.45) is 3.05. The molecule has 0 aromatic carbocycles. The van der Waals surface area contributed by atoms with E-state index in [4.69, 9.17) is 0 Å². The van der Waals surface area contributed by atoms with Crippen LogP contribution in [0.25, 0.3) is 0 Å². The summed E-state index contributed by atoms with van der Waals surface area (Å²) < 4.78 is 25.3. The average molecular weight is 300 g/mol. The molecule has 0 aliphatic carbocycles. The van der Waals surface area contributed by atoms with Crippen LogP contribution in [-0.2, 0) is 14.8 Å². The van der Waals surface area contributed by atoms with Gasteiger partial charge in [-0.1, -0.05) is 6.07 Å². The van der Waals surface area contributed by atoms with Gasteiger partial charge in [-0.05, 0) is 11.4 Å². The predicted octanol–water partition coefficient (Wildman–Crippen LogP) is 0.730. The SMILES string of the molecule is CN(CC(=O)Nc1ncc[nH]1)S(=O)(=O)c1cccs1. The molecule has 2 aromatic rings. The number of hydrogen-bond donors (Lipinski definition) is 2. The molecule has 0 saturated heterocycles. The lowest BCUT2D eigenvalue weighted by Crippen LogP contribution is -2.34. The Kier molecular flexibility index (Phi) is 3.98. The molecule has 0 saturated carbocycles. The zero-order chi connectivity index (χ0) is 13.9. The van der Waals surface area contributed by atoms with Gasteiger partial charge in [-0.2, -0.15) is 4.31 Å². The summed E-state index contributed by atoms with van der Waals surface area (Å²) in [5, 5.41) is 4.13. The highest BCUT2D eigenvalue weighted by molar-refractivity contribution is 7.91. The molecule has 2 aromatic heterocycles. The van der Waals surface area contributed by atoms with Crippen molar-refractivity contribution in [2.45, 2.75) is 4.21 Å². The number of aromatic nitrogens is 2. The van der Waals surface area contributed by atoms with E-state index in [2.05, 4.69) is 15.3 Å². The van der Waals surface area contributed by atoms with Crippen molar-refractivity contribution in [3.05, 3.63) is 29.9 Å². The number of nitrogens with zero attached hydrogens (tertiary/aromatic N) is 2. The van der Waals surface area contributed by atoms with Gasteiger partial charge in [0.15, 0.2) is 0 Å². The minimum Gasteiger partial charge on any atom is -0.331 e. The van der Waals surface area contributed by atoms with Crippen molar-refractivity contribution in [2.24, 2.45) is 0 Å². The van der Waals surface area contributed by atoms with Crippen LogP contribution in [0, 0.1) is 0 Å². The second-order valence-electron chi connectivity index (χ2n) is 3.68. The summed E-state index contributed by atoms with van der Waals surface area (Å²) in [7, 11) is -2.25. The van der Waals surface area contributed by atoms with Crippen LogP contribution < -0.4 is 5.32 Å². The lowest BCUT2D eigenvalue weighted by atomic mass is 10.6. The standard InChI is InChI=1S/C10H12N4O3S2/c1-14(19(16,17)9-3-2-6-18-9)7-8(15)13-10-11-4-5-12-10/h2-6H,7H2,1H3,(H2,11,12,13,15). The summed E-state index contributed by atoms with van der Waals surface area (Å²) >= 11 is 1.11. The van der Waals surface area contributed by atoms with E-state index in [1.54, 1.807) is 17.6 Å². The number of carbonyl (C=O) groups is 1. The summed E-state index contributed by atoms with van der Waals surface area (Å²) in [5.74, 6) is -0.176. The van der Waals surface area contributed by atoms with Crippen LogP contribution in [0.1, 0.15) is 0 Å². The molecule has 7 nitrogen and oxygen atoms in total. The quantitative estimate of drug-likeness (QED) is 0.851. The maximum atomic E-state index is 12.1. The number of likely N-dealkylation sites (N-methyl/N-ethyl adjacent to an activating group) is 1.